The highest BCUT2D eigenvalue weighted by Crippen LogP contribution is 2.23. The fourth-order valence-electron chi connectivity index (χ4n) is 2.28. The summed E-state index contributed by atoms with van der Waals surface area (Å²) < 4.78 is 0. The van der Waals surface area contributed by atoms with Gasteiger partial charge in [0.2, 0.25) is 0 Å². The third kappa shape index (κ3) is 2.99. The number of anilines is 1. The van der Waals surface area contributed by atoms with Crippen LogP contribution >= 0.6 is 0 Å². The third-order valence-electron chi connectivity index (χ3n) is 3.30. The Morgan fingerprint density at radius 2 is 2.00 bits per heavy atom. The van der Waals surface area contributed by atoms with Gasteiger partial charge in [0.15, 0.2) is 0 Å². The van der Waals surface area contributed by atoms with Crippen molar-refractivity contribution in [1.29, 1.82) is 0 Å². The molecular formula is C17H18N4. The van der Waals surface area contributed by atoms with E-state index in [1.165, 1.54) is 0 Å². The maximum Gasteiger partial charge on any atom is 0.130 e. The Morgan fingerprint density at radius 3 is 2.86 bits per heavy atom. The van der Waals surface area contributed by atoms with E-state index in [1.54, 1.807) is 0 Å². The smallest absolute Gasteiger partial charge is 0.130 e. The van der Waals surface area contributed by atoms with Crippen LogP contribution in [0.3, 0.4) is 0 Å². The van der Waals surface area contributed by atoms with E-state index in [9.17, 15) is 0 Å². The van der Waals surface area contributed by atoms with Crippen LogP contribution in [0.1, 0.15) is 19.2 Å². The van der Waals surface area contributed by atoms with Crippen molar-refractivity contribution in [3.8, 4) is 11.3 Å². The molecule has 21 heavy (non-hydrogen) atoms. The van der Waals surface area contributed by atoms with Gasteiger partial charge in [0.1, 0.15) is 11.6 Å². The Balaban J connectivity index is 2.02. The molecule has 106 valence electrons. The average Bonchev–Trinajstić information content (AvgIpc) is 2.52. The minimum Gasteiger partial charge on any atom is -0.370 e. The zero-order valence-electron chi connectivity index (χ0n) is 12.3. The predicted octanol–water partition coefficient (Wildman–Crippen LogP) is 3.82. The molecule has 0 amide bonds. The average molecular weight is 278 g/mol. The minimum absolute atomic E-state index is 0.771. The van der Waals surface area contributed by atoms with Crippen molar-refractivity contribution in [1.82, 2.24) is 15.0 Å². The van der Waals surface area contributed by atoms with E-state index in [0.29, 0.717) is 0 Å². The second kappa shape index (κ2) is 5.87. The highest BCUT2D eigenvalue weighted by molar-refractivity contribution is 5.83. The molecule has 0 unspecified atom stereocenters. The van der Waals surface area contributed by atoms with Crippen LogP contribution in [0.15, 0.2) is 42.6 Å². The van der Waals surface area contributed by atoms with Crippen LogP contribution in [0.5, 0.6) is 0 Å². The minimum atomic E-state index is 0.771. The molecule has 2 heterocycles. The Labute approximate surface area is 124 Å². The van der Waals surface area contributed by atoms with Crippen molar-refractivity contribution in [2.75, 3.05) is 11.9 Å². The number of aryl methyl sites for hydroxylation is 1. The third-order valence-corrected chi connectivity index (χ3v) is 3.30. The first-order valence-corrected chi connectivity index (χ1v) is 7.21. The summed E-state index contributed by atoms with van der Waals surface area (Å²) in [5.41, 5.74) is 2.97. The molecule has 0 aliphatic rings. The number of benzene rings is 1. The van der Waals surface area contributed by atoms with Gasteiger partial charge in [0.05, 0.1) is 11.2 Å². The van der Waals surface area contributed by atoms with Crippen molar-refractivity contribution in [3.63, 3.8) is 0 Å². The molecule has 4 heteroatoms. The number of pyridine rings is 1. The Bertz CT molecular complexity index is 768. The van der Waals surface area contributed by atoms with Crippen LogP contribution in [0, 0.1) is 6.92 Å². The number of fused-ring (bicyclic) bond motifs is 1. The Morgan fingerprint density at radius 1 is 1.10 bits per heavy atom. The van der Waals surface area contributed by atoms with Gasteiger partial charge in [0.25, 0.3) is 0 Å². The van der Waals surface area contributed by atoms with E-state index < -0.39 is 0 Å². The van der Waals surface area contributed by atoms with Gasteiger partial charge >= 0.3 is 0 Å². The molecular weight excluding hydrogens is 260 g/mol. The van der Waals surface area contributed by atoms with E-state index in [4.69, 9.17) is 0 Å². The molecule has 3 rings (SSSR count). The maximum absolute atomic E-state index is 4.54. The SMILES string of the molecule is CCCNc1cc(-c2ccc3cccnc3c2)nc(C)n1. The van der Waals surface area contributed by atoms with Crippen molar-refractivity contribution < 1.29 is 0 Å². The second-order valence-corrected chi connectivity index (χ2v) is 5.02. The van der Waals surface area contributed by atoms with Crippen LogP contribution in [-0.4, -0.2) is 21.5 Å². The van der Waals surface area contributed by atoms with Crippen LogP contribution in [0.2, 0.25) is 0 Å². The number of hydrogen-bond donors (Lipinski definition) is 1. The quantitative estimate of drug-likeness (QED) is 0.788. The lowest BCUT2D eigenvalue weighted by Crippen LogP contribution is -2.04. The predicted molar refractivity (Wildman–Crippen MR) is 86.3 cm³/mol. The highest BCUT2D eigenvalue weighted by Gasteiger charge is 2.05. The zero-order valence-corrected chi connectivity index (χ0v) is 12.3. The lowest BCUT2D eigenvalue weighted by Gasteiger charge is -2.08. The van der Waals surface area contributed by atoms with Crippen LogP contribution in [0.25, 0.3) is 22.2 Å². The van der Waals surface area contributed by atoms with Gasteiger partial charge in [-0.15, -0.1) is 0 Å². The molecule has 0 atom stereocenters. The largest absolute Gasteiger partial charge is 0.370 e. The number of hydrogen-bond acceptors (Lipinski definition) is 4. The maximum atomic E-state index is 4.54. The number of aromatic nitrogens is 3. The van der Waals surface area contributed by atoms with E-state index >= 15 is 0 Å². The number of rotatable bonds is 4. The van der Waals surface area contributed by atoms with E-state index in [0.717, 1.165) is 46.8 Å². The lowest BCUT2D eigenvalue weighted by molar-refractivity contribution is 0.955. The summed E-state index contributed by atoms with van der Waals surface area (Å²) in [7, 11) is 0. The molecule has 2 aromatic heterocycles. The molecule has 0 aliphatic carbocycles. The van der Waals surface area contributed by atoms with Crippen LogP contribution < -0.4 is 5.32 Å². The van der Waals surface area contributed by atoms with Crippen molar-refractivity contribution in [2.24, 2.45) is 0 Å². The molecule has 0 aliphatic heterocycles. The van der Waals surface area contributed by atoms with Gasteiger partial charge in [-0.05, 0) is 25.5 Å². The molecule has 1 N–H and O–H groups in total. The van der Waals surface area contributed by atoms with E-state index in [1.807, 2.05) is 25.3 Å². The van der Waals surface area contributed by atoms with Crippen molar-refractivity contribution in [3.05, 3.63) is 48.4 Å². The molecule has 0 radical (unpaired) electrons. The molecule has 0 fully saturated rings. The molecule has 0 bridgehead atoms. The Kier molecular flexibility index (Phi) is 3.77. The molecule has 0 spiro atoms. The van der Waals surface area contributed by atoms with Gasteiger partial charge in [-0.3, -0.25) is 4.98 Å². The number of nitrogens with one attached hydrogen (secondary N) is 1. The zero-order chi connectivity index (χ0) is 14.7. The summed E-state index contributed by atoms with van der Waals surface area (Å²) in [6, 6.07) is 12.2. The molecule has 1 aromatic carbocycles. The van der Waals surface area contributed by atoms with Crippen molar-refractivity contribution in [2.45, 2.75) is 20.3 Å². The normalized spacial score (nSPS) is 10.8. The first-order valence-electron chi connectivity index (χ1n) is 7.21. The summed E-state index contributed by atoms with van der Waals surface area (Å²) in [5, 5.41) is 4.45. The molecule has 0 saturated heterocycles. The van der Waals surface area contributed by atoms with Gasteiger partial charge in [-0.2, -0.15) is 0 Å². The van der Waals surface area contributed by atoms with Gasteiger partial charge < -0.3 is 5.32 Å². The first kappa shape index (κ1) is 13.5. The number of nitrogens with zero attached hydrogens (tertiary/aromatic N) is 3. The van der Waals surface area contributed by atoms with Gasteiger partial charge in [0, 0.05) is 29.8 Å². The standard InChI is InChI=1S/C17H18N4/c1-3-8-19-17-11-16(20-12(2)21-17)14-7-6-13-5-4-9-18-15(13)10-14/h4-7,9-11H,3,8H2,1-2H3,(H,19,20,21). The second-order valence-electron chi connectivity index (χ2n) is 5.02. The van der Waals surface area contributed by atoms with Crippen LogP contribution in [0.4, 0.5) is 5.82 Å². The summed E-state index contributed by atoms with van der Waals surface area (Å²) >= 11 is 0. The fourth-order valence-corrected chi connectivity index (χ4v) is 2.28. The van der Waals surface area contributed by atoms with Gasteiger partial charge in [-0.1, -0.05) is 25.1 Å². The highest BCUT2D eigenvalue weighted by atomic mass is 15.0. The molecule has 0 saturated carbocycles. The van der Waals surface area contributed by atoms with E-state index in [2.05, 4.69) is 51.5 Å². The first-order chi connectivity index (χ1) is 10.3. The summed E-state index contributed by atoms with van der Waals surface area (Å²) in [5.74, 6) is 1.65. The van der Waals surface area contributed by atoms with Crippen molar-refractivity contribution >= 4 is 16.7 Å². The molecule has 4 nitrogen and oxygen atoms in total. The summed E-state index contributed by atoms with van der Waals surface area (Å²) in [6.07, 6.45) is 2.88. The fraction of sp³-hybridized carbons (Fsp3) is 0.235. The monoisotopic (exact) mass is 278 g/mol. The molecule has 3 aromatic rings. The lowest BCUT2D eigenvalue weighted by atomic mass is 10.1. The van der Waals surface area contributed by atoms with Gasteiger partial charge in [-0.25, -0.2) is 9.97 Å². The Hall–Kier alpha value is -2.49. The van der Waals surface area contributed by atoms with Crippen LogP contribution in [-0.2, 0) is 0 Å². The van der Waals surface area contributed by atoms with E-state index in [-0.39, 0.29) is 0 Å². The topological polar surface area (TPSA) is 50.7 Å². The summed E-state index contributed by atoms with van der Waals surface area (Å²) in [4.78, 5) is 13.4. The summed E-state index contributed by atoms with van der Waals surface area (Å²) in [6.45, 7) is 4.96.